The van der Waals surface area contributed by atoms with Crippen molar-refractivity contribution in [3.8, 4) is 5.75 Å². The molecule has 1 rings (SSSR count). The summed E-state index contributed by atoms with van der Waals surface area (Å²) in [6, 6.07) is 1.65. The first-order chi connectivity index (χ1) is 7.91. The van der Waals surface area contributed by atoms with Gasteiger partial charge in [-0.1, -0.05) is 0 Å². The topological polar surface area (TPSA) is 116 Å². The SMILES string of the molecule is NC(COc1ccc([N+](=O)[O-])c(F)c1)C(=O)O. The predicted molar refractivity (Wildman–Crippen MR) is 54.2 cm³/mol. The molecule has 7 nitrogen and oxygen atoms in total. The Hall–Kier alpha value is -2.22. The number of nitrogens with zero attached hydrogens (tertiary/aromatic N) is 1. The number of nitrogens with two attached hydrogens (primary N) is 1. The molecule has 3 N–H and O–H groups in total. The van der Waals surface area contributed by atoms with Gasteiger partial charge in [-0.25, -0.2) is 0 Å². The zero-order valence-electron chi connectivity index (χ0n) is 8.50. The van der Waals surface area contributed by atoms with Crippen molar-refractivity contribution in [3.05, 3.63) is 34.1 Å². The summed E-state index contributed by atoms with van der Waals surface area (Å²) in [5.41, 5.74) is 4.47. The standard InChI is InChI=1S/C9H9FN2O5/c10-6-3-5(1-2-8(6)12(15)16)17-4-7(11)9(13)14/h1-3,7H,4,11H2,(H,13,14). The Morgan fingerprint density at radius 3 is 2.76 bits per heavy atom. The van der Waals surface area contributed by atoms with Crippen LogP contribution in [-0.4, -0.2) is 28.6 Å². The number of carboxylic acid groups (broad SMARTS) is 1. The molecule has 0 aliphatic rings. The summed E-state index contributed by atoms with van der Waals surface area (Å²) < 4.78 is 18.0. The van der Waals surface area contributed by atoms with Crippen LogP contribution in [0.4, 0.5) is 10.1 Å². The van der Waals surface area contributed by atoms with Crippen molar-refractivity contribution in [1.29, 1.82) is 0 Å². The van der Waals surface area contributed by atoms with Crippen LogP contribution < -0.4 is 10.5 Å². The first-order valence-electron chi connectivity index (χ1n) is 4.47. The van der Waals surface area contributed by atoms with E-state index in [9.17, 15) is 19.3 Å². The van der Waals surface area contributed by atoms with E-state index in [1.807, 2.05) is 0 Å². The van der Waals surface area contributed by atoms with Gasteiger partial charge in [-0.2, -0.15) is 4.39 Å². The minimum atomic E-state index is -1.26. The Bertz CT molecular complexity index is 451. The molecule has 17 heavy (non-hydrogen) atoms. The van der Waals surface area contributed by atoms with E-state index in [-0.39, 0.29) is 12.4 Å². The van der Waals surface area contributed by atoms with Crippen LogP contribution in [0, 0.1) is 15.9 Å². The molecule has 0 saturated heterocycles. The van der Waals surface area contributed by atoms with Gasteiger partial charge in [-0.05, 0) is 6.07 Å². The monoisotopic (exact) mass is 244 g/mol. The molecule has 0 radical (unpaired) electrons. The smallest absolute Gasteiger partial charge is 0.324 e. The highest BCUT2D eigenvalue weighted by atomic mass is 19.1. The molecule has 0 saturated carbocycles. The van der Waals surface area contributed by atoms with E-state index in [1.54, 1.807) is 0 Å². The number of halogens is 1. The van der Waals surface area contributed by atoms with Crippen LogP contribution in [0.1, 0.15) is 0 Å². The van der Waals surface area contributed by atoms with E-state index in [4.69, 9.17) is 15.6 Å². The van der Waals surface area contributed by atoms with Gasteiger partial charge in [0.25, 0.3) is 0 Å². The molecule has 8 heteroatoms. The molecular weight excluding hydrogens is 235 g/mol. The highest BCUT2D eigenvalue weighted by Crippen LogP contribution is 2.22. The van der Waals surface area contributed by atoms with Crippen molar-refractivity contribution in [2.75, 3.05) is 6.61 Å². The van der Waals surface area contributed by atoms with Gasteiger partial charge < -0.3 is 15.6 Å². The maximum atomic E-state index is 13.1. The summed E-state index contributed by atoms with van der Waals surface area (Å²) in [7, 11) is 0. The fraction of sp³-hybridized carbons (Fsp3) is 0.222. The van der Waals surface area contributed by atoms with Crippen LogP contribution in [0.25, 0.3) is 0 Å². The van der Waals surface area contributed by atoms with Gasteiger partial charge in [0.05, 0.1) is 4.92 Å². The number of ether oxygens (including phenoxy) is 1. The molecule has 1 atom stereocenters. The maximum absolute atomic E-state index is 13.1. The predicted octanol–water partition coefficient (Wildman–Crippen LogP) is 0.525. The van der Waals surface area contributed by atoms with Gasteiger partial charge in [0.2, 0.25) is 5.82 Å². The average molecular weight is 244 g/mol. The molecule has 0 aromatic heterocycles. The van der Waals surface area contributed by atoms with Gasteiger partial charge in [0, 0.05) is 12.1 Å². The molecule has 1 unspecified atom stereocenters. The van der Waals surface area contributed by atoms with Gasteiger partial charge in [-0.3, -0.25) is 14.9 Å². The van der Waals surface area contributed by atoms with E-state index in [0.29, 0.717) is 0 Å². The molecular formula is C9H9FN2O5. The number of nitro groups is 1. The zero-order valence-corrected chi connectivity index (χ0v) is 8.50. The maximum Gasteiger partial charge on any atom is 0.324 e. The minimum absolute atomic E-state index is 0.0233. The molecule has 0 aliphatic heterocycles. The second kappa shape index (κ2) is 5.21. The second-order valence-electron chi connectivity index (χ2n) is 3.13. The van der Waals surface area contributed by atoms with E-state index in [1.165, 1.54) is 0 Å². The lowest BCUT2D eigenvalue weighted by atomic mass is 10.3. The summed E-state index contributed by atoms with van der Waals surface area (Å²) in [6.45, 7) is -0.355. The number of hydrogen-bond donors (Lipinski definition) is 2. The highest BCUT2D eigenvalue weighted by Gasteiger charge is 2.16. The van der Waals surface area contributed by atoms with Crippen molar-refractivity contribution in [1.82, 2.24) is 0 Å². The van der Waals surface area contributed by atoms with Crippen LogP contribution in [0.5, 0.6) is 5.75 Å². The van der Waals surface area contributed by atoms with E-state index in [0.717, 1.165) is 18.2 Å². The average Bonchev–Trinajstić information content (AvgIpc) is 2.25. The quantitative estimate of drug-likeness (QED) is 0.576. The van der Waals surface area contributed by atoms with Gasteiger partial charge in [0.15, 0.2) is 0 Å². The number of aliphatic carboxylic acids is 1. The van der Waals surface area contributed by atoms with Crippen LogP contribution in [0.2, 0.25) is 0 Å². The molecule has 0 heterocycles. The lowest BCUT2D eigenvalue weighted by Gasteiger charge is -2.09. The number of carboxylic acids is 1. The lowest BCUT2D eigenvalue weighted by Crippen LogP contribution is -2.36. The third-order valence-electron chi connectivity index (χ3n) is 1.86. The van der Waals surface area contributed by atoms with E-state index < -0.39 is 28.4 Å². The molecule has 1 aromatic carbocycles. The molecule has 0 amide bonds. The normalized spacial score (nSPS) is 11.9. The summed E-state index contributed by atoms with van der Waals surface area (Å²) in [5, 5.41) is 18.8. The van der Waals surface area contributed by atoms with Gasteiger partial charge >= 0.3 is 11.7 Å². The zero-order chi connectivity index (χ0) is 13.0. The molecule has 0 bridgehead atoms. The van der Waals surface area contributed by atoms with Crippen molar-refractivity contribution >= 4 is 11.7 Å². The Morgan fingerprint density at radius 2 is 2.29 bits per heavy atom. The first-order valence-corrected chi connectivity index (χ1v) is 4.47. The molecule has 0 fully saturated rings. The van der Waals surface area contributed by atoms with E-state index in [2.05, 4.69) is 0 Å². The summed E-state index contributed by atoms with van der Waals surface area (Å²) >= 11 is 0. The van der Waals surface area contributed by atoms with E-state index >= 15 is 0 Å². The summed E-state index contributed by atoms with van der Waals surface area (Å²) in [4.78, 5) is 19.8. The fourth-order valence-corrected chi connectivity index (χ4v) is 0.983. The Labute approximate surface area is 94.8 Å². The van der Waals surface area contributed by atoms with Crippen LogP contribution >= 0.6 is 0 Å². The second-order valence-corrected chi connectivity index (χ2v) is 3.13. The number of nitro benzene ring substituents is 1. The number of hydrogen-bond acceptors (Lipinski definition) is 5. The van der Waals surface area contributed by atoms with Crippen LogP contribution in [0.3, 0.4) is 0 Å². The van der Waals surface area contributed by atoms with Crippen molar-refractivity contribution in [3.63, 3.8) is 0 Å². The highest BCUT2D eigenvalue weighted by molar-refractivity contribution is 5.73. The van der Waals surface area contributed by atoms with Crippen LogP contribution in [0.15, 0.2) is 18.2 Å². The summed E-state index contributed by atoms with van der Waals surface area (Å²) in [5.74, 6) is -2.34. The largest absolute Gasteiger partial charge is 0.491 e. The van der Waals surface area contributed by atoms with Crippen molar-refractivity contribution in [2.45, 2.75) is 6.04 Å². The third-order valence-corrected chi connectivity index (χ3v) is 1.86. The first kappa shape index (κ1) is 12.8. The fourth-order valence-electron chi connectivity index (χ4n) is 0.983. The third kappa shape index (κ3) is 3.38. The van der Waals surface area contributed by atoms with Crippen molar-refractivity contribution < 1.29 is 24.0 Å². The van der Waals surface area contributed by atoms with Gasteiger partial charge in [-0.15, -0.1) is 0 Å². The molecule has 0 spiro atoms. The minimum Gasteiger partial charge on any atom is -0.491 e. The number of rotatable bonds is 5. The van der Waals surface area contributed by atoms with Crippen LogP contribution in [-0.2, 0) is 4.79 Å². The Morgan fingerprint density at radius 1 is 1.65 bits per heavy atom. The molecule has 92 valence electrons. The Kier molecular flexibility index (Phi) is 3.94. The Balaban J connectivity index is 2.71. The molecule has 0 aliphatic carbocycles. The van der Waals surface area contributed by atoms with Crippen molar-refractivity contribution in [2.24, 2.45) is 5.73 Å². The molecule has 1 aromatic rings. The number of carbonyl (C=O) groups is 1. The number of benzene rings is 1. The van der Waals surface area contributed by atoms with Gasteiger partial charge in [0.1, 0.15) is 18.4 Å². The lowest BCUT2D eigenvalue weighted by molar-refractivity contribution is -0.387. The summed E-state index contributed by atoms with van der Waals surface area (Å²) in [6.07, 6.45) is 0.